The summed E-state index contributed by atoms with van der Waals surface area (Å²) >= 11 is 6.22. The fourth-order valence-corrected chi connectivity index (χ4v) is 5.59. The van der Waals surface area contributed by atoms with Gasteiger partial charge >= 0.3 is 0 Å². The molecule has 2 aromatic rings. The van der Waals surface area contributed by atoms with Crippen LogP contribution in [-0.4, -0.2) is 53.8 Å². The Bertz CT molecular complexity index is 1030. The molecule has 0 amide bonds. The highest BCUT2D eigenvalue weighted by molar-refractivity contribution is 6.33. The molecule has 0 spiro atoms. The van der Waals surface area contributed by atoms with Crippen LogP contribution in [-0.2, 0) is 4.74 Å². The monoisotopic (exact) mass is 471 g/mol. The summed E-state index contributed by atoms with van der Waals surface area (Å²) in [5.74, 6) is 0.404. The molecule has 0 radical (unpaired) electrons. The van der Waals surface area contributed by atoms with Gasteiger partial charge in [-0.05, 0) is 37.0 Å². The molecule has 2 atom stereocenters. The van der Waals surface area contributed by atoms with Gasteiger partial charge in [-0.3, -0.25) is 0 Å². The molecule has 2 bridgehead atoms. The molecule has 2 unspecified atom stereocenters. The summed E-state index contributed by atoms with van der Waals surface area (Å²) in [4.78, 5) is 10.6. The van der Waals surface area contributed by atoms with E-state index in [0.29, 0.717) is 29.5 Å². The molecule has 1 aromatic heterocycles. The molecule has 174 valence electrons. The maximum atomic E-state index is 15.3. The van der Waals surface area contributed by atoms with Gasteiger partial charge in [-0.1, -0.05) is 24.4 Å². The second-order valence-corrected chi connectivity index (χ2v) is 9.69. The van der Waals surface area contributed by atoms with Crippen LogP contribution in [0.15, 0.2) is 24.5 Å². The molecule has 1 aromatic carbocycles. The van der Waals surface area contributed by atoms with Gasteiger partial charge in [0.05, 0.1) is 35.6 Å². The van der Waals surface area contributed by atoms with E-state index >= 15 is 4.39 Å². The summed E-state index contributed by atoms with van der Waals surface area (Å²) in [5.41, 5.74) is 0.871. The normalized spacial score (nSPS) is 25.5. The summed E-state index contributed by atoms with van der Waals surface area (Å²) in [6.45, 7) is 4.16. The molecule has 9 heteroatoms. The molecule has 7 nitrogen and oxygen atoms in total. The van der Waals surface area contributed by atoms with Gasteiger partial charge in [0.1, 0.15) is 12.4 Å². The number of rotatable bonds is 6. The predicted molar refractivity (Wildman–Crippen MR) is 122 cm³/mol. The number of nitrogens with zero attached hydrogens (tertiary/aromatic N) is 4. The molecule has 3 aliphatic rings. The minimum Gasteiger partial charge on any atom is -0.471 e. The average Bonchev–Trinajstić information content (AvgIpc) is 3.31. The molecule has 1 N–H and O–H groups in total. The van der Waals surface area contributed by atoms with E-state index in [2.05, 4.69) is 20.2 Å². The van der Waals surface area contributed by atoms with E-state index in [1.54, 1.807) is 12.1 Å². The van der Waals surface area contributed by atoms with Crippen LogP contribution in [0.3, 0.4) is 0 Å². The molecule has 33 heavy (non-hydrogen) atoms. The van der Waals surface area contributed by atoms with Crippen molar-refractivity contribution in [2.75, 3.05) is 38.2 Å². The van der Waals surface area contributed by atoms with Crippen LogP contribution in [0.5, 0.6) is 5.88 Å². The molecule has 2 saturated heterocycles. The topological polar surface area (TPSA) is 83.3 Å². The third kappa shape index (κ3) is 4.91. The molecular formula is C24H27ClFN5O2. The number of piperidine rings is 1. The lowest BCUT2D eigenvalue weighted by Crippen LogP contribution is -2.58. The molecule has 5 rings (SSSR count). The number of aromatic nitrogens is 2. The number of hydrogen-bond donors (Lipinski definition) is 1. The zero-order valence-electron chi connectivity index (χ0n) is 18.3. The highest BCUT2D eigenvalue weighted by atomic mass is 35.5. The largest absolute Gasteiger partial charge is 0.471 e. The Morgan fingerprint density at radius 3 is 2.67 bits per heavy atom. The van der Waals surface area contributed by atoms with Crippen LogP contribution in [0.4, 0.5) is 15.9 Å². The van der Waals surface area contributed by atoms with Crippen molar-refractivity contribution >= 4 is 23.1 Å². The standard InChI is InChI=1S/C24H27ClFN5O2/c25-19-7-16(8-27)5-6-20(19)30-23-21(26)24(29-14-28-23)33-22-17-10-31(9-15-3-1-2-4-15)11-18(22)13-32-12-17/h5-7,14-15,17-18,22H,1-4,9-13H2,(H,28,29,30). The van der Waals surface area contributed by atoms with Gasteiger partial charge < -0.3 is 19.7 Å². The van der Waals surface area contributed by atoms with Crippen LogP contribution in [0.25, 0.3) is 0 Å². The van der Waals surface area contributed by atoms with E-state index < -0.39 is 5.82 Å². The van der Waals surface area contributed by atoms with Crippen LogP contribution in [0.1, 0.15) is 31.2 Å². The third-order valence-corrected chi connectivity index (χ3v) is 7.24. The van der Waals surface area contributed by atoms with Crippen molar-refractivity contribution < 1.29 is 13.9 Å². The molecular weight excluding hydrogens is 445 g/mol. The Morgan fingerprint density at radius 1 is 1.21 bits per heavy atom. The van der Waals surface area contributed by atoms with Crippen molar-refractivity contribution in [2.24, 2.45) is 17.8 Å². The van der Waals surface area contributed by atoms with E-state index in [-0.39, 0.29) is 29.6 Å². The zero-order valence-corrected chi connectivity index (χ0v) is 19.1. The number of benzene rings is 1. The van der Waals surface area contributed by atoms with E-state index in [1.165, 1.54) is 38.1 Å². The van der Waals surface area contributed by atoms with E-state index in [0.717, 1.165) is 25.6 Å². The molecule has 1 saturated carbocycles. The van der Waals surface area contributed by atoms with Gasteiger partial charge in [-0.25, -0.2) is 4.98 Å². The van der Waals surface area contributed by atoms with E-state index in [4.69, 9.17) is 26.3 Å². The van der Waals surface area contributed by atoms with E-state index in [1.807, 2.05) is 6.07 Å². The number of ether oxygens (including phenoxy) is 2. The van der Waals surface area contributed by atoms with Crippen molar-refractivity contribution in [3.8, 4) is 11.9 Å². The first kappa shape index (κ1) is 22.3. The van der Waals surface area contributed by atoms with Crippen LogP contribution < -0.4 is 10.1 Å². The highest BCUT2D eigenvalue weighted by Crippen LogP contribution is 2.35. The summed E-state index contributed by atoms with van der Waals surface area (Å²) in [7, 11) is 0. The minimum atomic E-state index is -0.662. The molecule has 3 heterocycles. The first-order chi connectivity index (χ1) is 16.1. The fourth-order valence-electron chi connectivity index (χ4n) is 5.36. The molecule has 1 aliphatic carbocycles. The second kappa shape index (κ2) is 9.80. The number of hydrogen-bond acceptors (Lipinski definition) is 7. The van der Waals surface area contributed by atoms with Crippen molar-refractivity contribution in [1.82, 2.24) is 14.9 Å². The van der Waals surface area contributed by atoms with E-state index in [9.17, 15) is 0 Å². The zero-order chi connectivity index (χ0) is 22.8. The van der Waals surface area contributed by atoms with Gasteiger partial charge in [0.25, 0.3) is 5.88 Å². The van der Waals surface area contributed by atoms with Gasteiger partial charge in [0.15, 0.2) is 5.82 Å². The first-order valence-electron chi connectivity index (χ1n) is 11.5. The van der Waals surface area contributed by atoms with Gasteiger partial charge in [0, 0.05) is 31.5 Å². The maximum absolute atomic E-state index is 15.3. The number of fused-ring (bicyclic) bond motifs is 2. The lowest BCUT2D eigenvalue weighted by Gasteiger charge is -2.47. The summed E-state index contributed by atoms with van der Waals surface area (Å²) in [6, 6.07) is 6.75. The van der Waals surface area contributed by atoms with Crippen LogP contribution in [0, 0.1) is 34.9 Å². The number of nitrogens with one attached hydrogen (secondary N) is 1. The predicted octanol–water partition coefficient (Wildman–Crippen LogP) is 4.40. The lowest BCUT2D eigenvalue weighted by atomic mass is 9.84. The summed E-state index contributed by atoms with van der Waals surface area (Å²) < 4.78 is 27.2. The maximum Gasteiger partial charge on any atom is 0.256 e. The second-order valence-electron chi connectivity index (χ2n) is 9.28. The highest BCUT2D eigenvalue weighted by Gasteiger charge is 2.43. The van der Waals surface area contributed by atoms with Gasteiger partial charge in [-0.2, -0.15) is 14.6 Å². The number of anilines is 2. The Labute approximate surface area is 197 Å². The SMILES string of the molecule is N#Cc1ccc(Nc2ncnc(OC3C4COCC3CN(CC3CCCC3)C4)c2F)c(Cl)c1. The van der Waals surface area contributed by atoms with Crippen LogP contribution in [0.2, 0.25) is 5.02 Å². The molecule has 2 aliphatic heterocycles. The van der Waals surface area contributed by atoms with Gasteiger partial charge in [-0.15, -0.1) is 0 Å². The quantitative estimate of drug-likeness (QED) is 0.668. The number of likely N-dealkylation sites (tertiary alicyclic amines) is 1. The van der Waals surface area contributed by atoms with Crippen molar-refractivity contribution in [3.05, 3.63) is 40.9 Å². The first-order valence-corrected chi connectivity index (χ1v) is 11.9. The average molecular weight is 472 g/mol. The van der Waals surface area contributed by atoms with Crippen molar-refractivity contribution in [3.63, 3.8) is 0 Å². The van der Waals surface area contributed by atoms with Crippen molar-refractivity contribution in [2.45, 2.75) is 31.8 Å². The Hall–Kier alpha value is -2.47. The van der Waals surface area contributed by atoms with Crippen LogP contribution >= 0.6 is 11.6 Å². The summed E-state index contributed by atoms with van der Waals surface area (Å²) in [6.07, 6.45) is 6.48. The molecule has 3 fully saturated rings. The Morgan fingerprint density at radius 2 is 1.97 bits per heavy atom. The third-order valence-electron chi connectivity index (χ3n) is 6.93. The summed E-state index contributed by atoms with van der Waals surface area (Å²) in [5, 5.41) is 12.2. The Balaban J connectivity index is 1.29. The van der Waals surface area contributed by atoms with Gasteiger partial charge in [0.2, 0.25) is 5.82 Å². The van der Waals surface area contributed by atoms with Crippen molar-refractivity contribution in [1.29, 1.82) is 5.26 Å². The lowest BCUT2D eigenvalue weighted by molar-refractivity contribution is -0.117. The number of nitriles is 1. The minimum absolute atomic E-state index is 0.0216. The fraction of sp³-hybridized carbons (Fsp3) is 0.542. The Kier molecular flexibility index (Phi) is 6.63. The smallest absolute Gasteiger partial charge is 0.256 e. The number of halogens is 2.